The van der Waals surface area contributed by atoms with Crippen LogP contribution >= 0.6 is 22.6 Å². The highest BCUT2D eigenvalue weighted by molar-refractivity contribution is 14.1. The van der Waals surface area contributed by atoms with E-state index in [0.717, 1.165) is 26.4 Å². The van der Waals surface area contributed by atoms with Crippen LogP contribution in [0.2, 0.25) is 0 Å². The monoisotopic (exact) mass is 286 g/mol. The Morgan fingerprint density at radius 3 is 2.62 bits per heavy atom. The van der Waals surface area contributed by atoms with Crippen LogP contribution in [0.25, 0.3) is 11.0 Å². The summed E-state index contributed by atoms with van der Waals surface area (Å²) in [6.45, 7) is 3.72. The fourth-order valence-electron chi connectivity index (χ4n) is 1.09. The molecule has 0 aromatic carbocycles. The smallest absolute Gasteiger partial charge is 0.131 e. The van der Waals surface area contributed by atoms with Crippen LogP contribution in [0.3, 0.4) is 0 Å². The summed E-state index contributed by atoms with van der Waals surface area (Å²) in [5.41, 5.74) is 1.64. The molecule has 0 aliphatic rings. The molecule has 0 unspecified atom stereocenters. The van der Waals surface area contributed by atoms with Gasteiger partial charge in [0.05, 0.1) is 6.20 Å². The highest BCUT2D eigenvalue weighted by Gasteiger charge is 2.04. The lowest BCUT2D eigenvalue weighted by Gasteiger charge is -2.00. The van der Waals surface area contributed by atoms with E-state index in [1.807, 2.05) is 13.8 Å². The molecule has 0 radical (unpaired) electrons. The minimum atomic E-state index is 0.748. The maximum atomic E-state index is 4.27. The van der Waals surface area contributed by atoms with Gasteiger partial charge in [0.15, 0.2) is 0 Å². The number of hydrogen-bond acceptors (Lipinski definition) is 4. The van der Waals surface area contributed by atoms with Crippen LogP contribution in [0.1, 0.15) is 11.6 Å². The average Bonchev–Trinajstić information content (AvgIpc) is 2.06. The van der Waals surface area contributed by atoms with Crippen molar-refractivity contribution in [2.45, 2.75) is 13.8 Å². The van der Waals surface area contributed by atoms with Gasteiger partial charge < -0.3 is 0 Å². The van der Waals surface area contributed by atoms with E-state index in [1.165, 1.54) is 0 Å². The van der Waals surface area contributed by atoms with Crippen LogP contribution in [-0.4, -0.2) is 19.9 Å². The van der Waals surface area contributed by atoms with Gasteiger partial charge in [0.25, 0.3) is 0 Å². The minimum absolute atomic E-state index is 0.748. The molecule has 0 bridgehead atoms. The molecule has 0 aliphatic carbocycles. The predicted molar refractivity (Wildman–Crippen MR) is 57.3 cm³/mol. The van der Waals surface area contributed by atoms with Crippen molar-refractivity contribution in [3.8, 4) is 0 Å². The van der Waals surface area contributed by atoms with Crippen molar-refractivity contribution in [1.82, 2.24) is 19.9 Å². The third kappa shape index (κ3) is 1.60. The molecule has 0 saturated heterocycles. The van der Waals surface area contributed by atoms with Gasteiger partial charge in [-0.1, -0.05) is 0 Å². The highest BCUT2D eigenvalue weighted by atomic mass is 127. The Labute approximate surface area is 89.0 Å². The molecule has 2 heterocycles. The van der Waals surface area contributed by atoms with Gasteiger partial charge in [-0.25, -0.2) is 19.9 Å². The van der Waals surface area contributed by atoms with E-state index >= 15 is 0 Å². The number of fused-ring (bicyclic) bond motifs is 1. The van der Waals surface area contributed by atoms with Crippen molar-refractivity contribution < 1.29 is 0 Å². The number of rotatable bonds is 0. The lowest BCUT2D eigenvalue weighted by Crippen LogP contribution is -1.97. The third-order valence-corrected chi connectivity index (χ3v) is 2.38. The average molecular weight is 286 g/mol. The van der Waals surface area contributed by atoms with Gasteiger partial charge in [-0.2, -0.15) is 0 Å². The molecule has 5 heteroatoms. The molecular weight excluding hydrogens is 279 g/mol. The largest absolute Gasteiger partial charge is 0.239 e. The Balaban J connectivity index is 2.87. The second-order valence-electron chi connectivity index (χ2n) is 2.71. The van der Waals surface area contributed by atoms with Crippen molar-refractivity contribution in [3.63, 3.8) is 0 Å². The fourth-order valence-corrected chi connectivity index (χ4v) is 1.84. The minimum Gasteiger partial charge on any atom is -0.239 e. The highest BCUT2D eigenvalue weighted by Crippen LogP contribution is 2.14. The first-order valence-corrected chi connectivity index (χ1v) is 4.88. The van der Waals surface area contributed by atoms with E-state index in [0.29, 0.717) is 0 Å². The molecule has 0 spiro atoms. The normalized spacial score (nSPS) is 10.7. The van der Waals surface area contributed by atoms with Gasteiger partial charge in [0.2, 0.25) is 0 Å². The predicted octanol–water partition coefficient (Wildman–Crippen LogP) is 1.64. The van der Waals surface area contributed by atoms with Gasteiger partial charge in [0, 0.05) is 0 Å². The molecule has 4 nitrogen and oxygen atoms in total. The number of halogens is 1. The van der Waals surface area contributed by atoms with E-state index in [4.69, 9.17) is 0 Å². The van der Waals surface area contributed by atoms with Crippen LogP contribution in [0, 0.1) is 17.5 Å². The fraction of sp³-hybridized carbons (Fsp3) is 0.250. The molecule has 0 atom stereocenters. The van der Waals surface area contributed by atoms with Crippen molar-refractivity contribution in [2.24, 2.45) is 0 Å². The Kier molecular flexibility index (Phi) is 2.10. The SMILES string of the molecule is Cc1nc(I)c2nc(C)ncc2n1. The van der Waals surface area contributed by atoms with Crippen LogP contribution in [0.15, 0.2) is 6.20 Å². The van der Waals surface area contributed by atoms with E-state index in [9.17, 15) is 0 Å². The molecule has 0 aliphatic heterocycles. The molecule has 13 heavy (non-hydrogen) atoms. The summed E-state index contributed by atoms with van der Waals surface area (Å²) in [5.74, 6) is 1.50. The van der Waals surface area contributed by atoms with Crippen LogP contribution in [0.4, 0.5) is 0 Å². The number of hydrogen-bond donors (Lipinski definition) is 0. The van der Waals surface area contributed by atoms with Gasteiger partial charge in [-0.15, -0.1) is 0 Å². The maximum absolute atomic E-state index is 4.27. The Hall–Kier alpha value is -0.850. The first-order chi connectivity index (χ1) is 6.16. The zero-order chi connectivity index (χ0) is 9.42. The summed E-state index contributed by atoms with van der Waals surface area (Å²) in [6.07, 6.45) is 1.73. The zero-order valence-electron chi connectivity index (χ0n) is 7.24. The second-order valence-corrected chi connectivity index (χ2v) is 3.73. The topological polar surface area (TPSA) is 51.6 Å². The standard InChI is InChI=1S/C8H7IN4/c1-4-10-3-6-7(12-4)8(9)13-5(2)11-6/h3H,1-2H3. The molecule has 0 amide bonds. The molecule has 0 N–H and O–H groups in total. The Morgan fingerprint density at radius 1 is 1.08 bits per heavy atom. The van der Waals surface area contributed by atoms with E-state index in [1.54, 1.807) is 6.20 Å². The zero-order valence-corrected chi connectivity index (χ0v) is 9.40. The van der Waals surface area contributed by atoms with Crippen molar-refractivity contribution >= 4 is 33.6 Å². The Bertz CT molecular complexity index is 469. The Morgan fingerprint density at radius 2 is 1.85 bits per heavy atom. The first-order valence-electron chi connectivity index (χ1n) is 3.80. The molecule has 2 rings (SSSR count). The molecule has 2 aromatic heterocycles. The molecular formula is C8H7IN4. The summed E-state index contributed by atoms with van der Waals surface area (Å²) in [5, 5.41) is 0. The van der Waals surface area contributed by atoms with E-state index < -0.39 is 0 Å². The summed E-state index contributed by atoms with van der Waals surface area (Å²) in [7, 11) is 0. The lowest BCUT2D eigenvalue weighted by atomic mass is 10.4. The van der Waals surface area contributed by atoms with Gasteiger partial charge in [-0.3, -0.25) is 0 Å². The number of nitrogens with zero attached hydrogens (tertiary/aromatic N) is 4. The molecule has 2 aromatic rings. The third-order valence-electron chi connectivity index (χ3n) is 1.63. The first kappa shape index (κ1) is 8.74. The second kappa shape index (κ2) is 3.13. The van der Waals surface area contributed by atoms with Gasteiger partial charge in [0.1, 0.15) is 26.4 Å². The summed E-state index contributed by atoms with van der Waals surface area (Å²) in [6, 6.07) is 0. The molecule has 66 valence electrons. The van der Waals surface area contributed by atoms with Crippen LogP contribution in [-0.2, 0) is 0 Å². The summed E-state index contributed by atoms with van der Waals surface area (Å²) in [4.78, 5) is 16.8. The van der Waals surface area contributed by atoms with E-state index in [2.05, 4.69) is 42.5 Å². The molecule has 0 saturated carbocycles. The van der Waals surface area contributed by atoms with Gasteiger partial charge in [-0.05, 0) is 36.4 Å². The number of aromatic nitrogens is 4. The quantitative estimate of drug-likeness (QED) is 0.545. The van der Waals surface area contributed by atoms with Crippen LogP contribution < -0.4 is 0 Å². The van der Waals surface area contributed by atoms with Crippen molar-refractivity contribution in [2.75, 3.05) is 0 Å². The van der Waals surface area contributed by atoms with Crippen LogP contribution in [0.5, 0.6) is 0 Å². The molecule has 0 fully saturated rings. The van der Waals surface area contributed by atoms with Crippen molar-refractivity contribution in [3.05, 3.63) is 21.5 Å². The summed E-state index contributed by atoms with van der Waals surface area (Å²) >= 11 is 2.16. The maximum Gasteiger partial charge on any atom is 0.131 e. The summed E-state index contributed by atoms with van der Waals surface area (Å²) < 4.78 is 0.880. The number of aryl methyl sites for hydroxylation is 2. The van der Waals surface area contributed by atoms with E-state index in [-0.39, 0.29) is 0 Å². The van der Waals surface area contributed by atoms with Gasteiger partial charge >= 0.3 is 0 Å². The lowest BCUT2D eigenvalue weighted by molar-refractivity contribution is 1.02. The van der Waals surface area contributed by atoms with Crippen molar-refractivity contribution in [1.29, 1.82) is 0 Å².